The normalized spacial score (nSPS) is 17.9. The average molecular weight is 444 g/mol. The summed E-state index contributed by atoms with van der Waals surface area (Å²) in [5.74, 6) is 0.867. The van der Waals surface area contributed by atoms with Crippen LogP contribution in [0.1, 0.15) is 37.9 Å². The molecule has 1 aliphatic rings. The summed E-state index contributed by atoms with van der Waals surface area (Å²) in [7, 11) is 1.68. The highest BCUT2D eigenvalue weighted by atomic mass is 79.9. The molecule has 1 unspecified atom stereocenters. The molecule has 2 aromatic carbocycles. The molecule has 1 atom stereocenters. The van der Waals surface area contributed by atoms with Gasteiger partial charge in [0, 0.05) is 24.1 Å². The Morgan fingerprint density at radius 1 is 1.14 bits per heavy atom. The smallest absolute Gasteiger partial charge is 0.330 e. The van der Waals surface area contributed by atoms with E-state index in [2.05, 4.69) is 39.0 Å². The van der Waals surface area contributed by atoms with Gasteiger partial charge < -0.3 is 4.74 Å². The van der Waals surface area contributed by atoms with Crippen LogP contribution < -0.4 is 10.4 Å². The molecule has 28 heavy (non-hydrogen) atoms. The van der Waals surface area contributed by atoms with Crippen molar-refractivity contribution in [2.75, 3.05) is 13.7 Å². The van der Waals surface area contributed by atoms with Crippen LogP contribution in [-0.4, -0.2) is 27.7 Å². The van der Waals surface area contributed by atoms with E-state index in [9.17, 15) is 4.79 Å². The topological polar surface area (TPSA) is 39.4 Å². The third-order valence-electron chi connectivity index (χ3n) is 5.67. The molecule has 4 rings (SSSR count). The van der Waals surface area contributed by atoms with Crippen molar-refractivity contribution in [3.8, 4) is 5.75 Å². The summed E-state index contributed by atoms with van der Waals surface area (Å²) >= 11 is 3.64. The number of aromatic nitrogens is 2. The van der Waals surface area contributed by atoms with Crippen molar-refractivity contribution in [2.45, 2.75) is 45.4 Å². The van der Waals surface area contributed by atoms with Gasteiger partial charge in [0.25, 0.3) is 0 Å². The molecule has 0 radical (unpaired) electrons. The van der Waals surface area contributed by atoms with Gasteiger partial charge in [0.2, 0.25) is 0 Å². The fourth-order valence-corrected chi connectivity index (χ4v) is 4.86. The highest BCUT2D eigenvalue weighted by Gasteiger charge is 2.28. The van der Waals surface area contributed by atoms with E-state index in [-0.39, 0.29) is 11.9 Å². The largest absolute Gasteiger partial charge is 0.497 e. The molecular weight excluding hydrogens is 418 g/mol. The van der Waals surface area contributed by atoms with Crippen LogP contribution in [0.25, 0.3) is 11.0 Å². The number of benzene rings is 2. The molecule has 5 nitrogen and oxygen atoms in total. The van der Waals surface area contributed by atoms with Gasteiger partial charge in [0.1, 0.15) is 5.75 Å². The van der Waals surface area contributed by atoms with E-state index in [0.717, 1.165) is 53.6 Å². The molecule has 1 fully saturated rings. The first kappa shape index (κ1) is 19.3. The number of hydrogen-bond acceptors (Lipinski definition) is 3. The van der Waals surface area contributed by atoms with Crippen molar-refractivity contribution in [3.05, 3.63) is 63.0 Å². The number of likely N-dealkylation sites (tertiary alicyclic amines) is 1. The van der Waals surface area contributed by atoms with Gasteiger partial charge >= 0.3 is 5.69 Å². The number of halogens is 1. The van der Waals surface area contributed by atoms with E-state index >= 15 is 0 Å². The fourth-order valence-electron chi connectivity index (χ4n) is 4.29. The van der Waals surface area contributed by atoms with Crippen LogP contribution in [0.2, 0.25) is 0 Å². The standard InChI is InChI=1S/C22H26BrN3O2/c1-3-25-21-18(23)7-6-8-19(21)26(22(25)27)20-9-4-5-14-24(20)15-16-10-12-17(28-2)13-11-16/h6-8,10-13,20H,3-5,9,14-15H2,1-2H3. The van der Waals surface area contributed by atoms with Crippen molar-refractivity contribution >= 4 is 27.0 Å². The Morgan fingerprint density at radius 2 is 1.93 bits per heavy atom. The van der Waals surface area contributed by atoms with Gasteiger partial charge in [-0.15, -0.1) is 0 Å². The van der Waals surface area contributed by atoms with Crippen molar-refractivity contribution in [1.29, 1.82) is 0 Å². The molecule has 6 heteroatoms. The fraction of sp³-hybridized carbons (Fsp3) is 0.409. The molecule has 1 saturated heterocycles. The summed E-state index contributed by atoms with van der Waals surface area (Å²) in [6.45, 7) is 4.51. The number of imidazole rings is 1. The number of methoxy groups -OCH3 is 1. The average Bonchev–Trinajstić information content (AvgIpc) is 3.01. The number of ether oxygens (including phenoxy) is 1. The molecular formula is C22H26BrN3O2. The molecule has 3 aromatic rings. The highest BCUT2D eigenvalue weighted by Crippen LogP contribution is 2.32. The third kappa shape index (κ3) is 3.40. The summed E-state index contributed by atoms with van der Waals surface area (Å²) < 4.78 is 10.1. The van der Waals surface area contributed by atoms with Crippen molar-refractivity contribution in [1.82, 2.24) is 14.0 Å². The molecule has 0 N–H and O–H groups in total. The second-order valence-electron chi connectivity index (χ2n) is 7.30. The number of aryl methyl sites for hydroxylation is 1. The number of para-hydroxylation sites is 1. The highest BCUT2D eigenvalue weighted by molar-refractivity contribution is 9.10. The molecule has 148 valence electrons. The second-order valence-corrected chi connectivity index (χ2v) is 8.15. The predicted molar refractivity (Wildman–Crippen MR) is 116 cm³/mol. The number of fused-ring (bicyclic) bond motifs is 1. The Kier molecular flexibility index (Phi) is 5.60. The second kappa shape index (κ2) is 8.13. The van der Waals surface area contributed by atoms with Crippen molar-refractivity contribution < 1.29 is 4.74 Å². The maximum atomic E-state index is 13.3. The van der Waals surface area contributed by atoms with Crippen LogP contribution in [0.4, 0.5) is 0 Å². The zero-order chi connectivity index (χ0) is 19.7. The van der Waals surface area contributed by atoms with Crippen LogP contribution in [0.3, 0.4) is 0 Å². The van der Waals surface area contributed by atoms with E-state index in [1.54, 1.807) is 7.11 Å². The Balaban J connectivity index is 1.75. The lowest BCUT2D eigenvalue weighted by atomic mass is 10.1. The molecule has 1 aliphatic heterocycles. The molecule has 0 amide bonds. The van der Waals surface area contributed by atoms with Crippen molar-refractivity contribution in [2.24, 2.45) is 0 Å². The number of hydrogen-bond donors (Lipinski definition) is 0. The monoisotopic (exact) mass is 443 g/mol. The van der Waals surface area contributed by atoms with Gasteiger partial charge in [-0.05, 0) is 71.9 Å². The van der Waals surface area contributed by atoms with E-state index < -0.39 is 0 Å². The molecule has 2 heterocycles. The third-order valence-corrected chi connectivity index (χ3v) is 6.31. The summed E-state index contributed by atoms with van der Waals surface area (Å²) in [6.07, 6.45) is 3.37. The quantitative estimate of drug-likeness (QED) is 0.569. The van der Waals surface area contributed by atoms with E-state index in [0.29, 0.717) is 6.54 Å². The zero-order valence-electron chi connectivity index (χ0n) is 16.4. The van der Waals surface area contributed by atoms with Gasteiger partial charge in [-0.2, -0.15) is 0 Å². The van der Waals surface area contributed by atoms with E-state index in [1.165, 1.54) is 5.56 Å². The number of nitrogens with zero attached hydrogens (tertiary/aromatic N) is 3. The van der Waals surface area contributed by atoms with Crippen LogP contribution in [0, 0.1) is 0 Å². The van der Waals surface area contributed by atoms with Crippen LogP contribution in [0.15, 0.2) is 51.7 Å². The van der Waals surface area contributed by atoms with Gasteiger partial charge in [-0.3, -0.25) is 14.0 Å². The number of piperidine rings is 1. The Morgan fingerprint density at radius 3 is 2.64 bits per heavy atom. The van der Waals surface area contributed by atoms with Crippen LogP contribution in [-0.2, 0) is 13.1 Å². The minimum atomic E-state index is 0.0768. The summed E-state index contributed by atoms with van der Waals surface area (Å²) in [6, 6.07) is 14.3. The molecule has 0 bridgehead atoms. The van der Waals surface area contributed by atoms with Crippen LogP contribution >= 0.6 is 15.9 Å². The first-order chi connectivity index (χ1) is 13.6. The first-order valence-electron chi connectivity index (χ1n) is 9.90. The summed E-state index contributed by atoms with van der Waals surface area (Å²) in [4.78, 5) is 15.8. The minimum absolute atomic E-state index is 0.0768. The van der Waals surface area contributed by atoms with E-state index in [1.807, 2.05) is 40.3 Å². The Labute approximate surface area is 173 Å². The lowest BCUT2D eigenvalue weighted by Crippen LogP contribution is -2.40. The van der Waals surface area contributed by atoms with E-state index in [4.69, 9.17) is 4.74 Å². The van der Waals surface area contributed by atoms with Gasteiger partial charge in [-0.25, -0.2) is 4.79 Å². The van der Waals surface area contributed by atoms with Gasteiger partial charge in [-0.1, -0.05) is 18.2 Å². The zero-order valence-corrected chi connectivity index (χ0v) is 18.0. The minimum Gasteiger partial charge on any atom is -0.497 e. The lowest BCUT2D eigenvalue weighted by molar-refractivity contribution is 0.0874. The van der Waals surface area contributed by atoms with Crippen LogP contribution in [0.5, 0.6) is 5.75 Å². The maximum Gasteiger partial charge on any atom is 0.330 e. The van der Waals surface area contributed by atoms with Crippen molar-refractivity contribution in [3.63, 3.8) is 0 Å². The van der Waals surface area contributed by atoms with Gasteiger partial charge in [0.15, 0.2) is 0 Å². The van der Waals surface area contributed by atoms with Gasteiger partial charge in [0.05, 0.1) is 24.3 Å². The number of rotatable bonds is 5. The summed E-state index contributed by atoms with van der Waals surface area (Å²) in [5, 5.41) is 0. The molecule has 0 saturated carbocycles. The molecule has 0 aliphatic carbocycles. The Hall–Kier alpha value is -2.05. The maximum absolute atomic E-state index is 13.3. The SMILES string of the molecule is CCn1c(=O)n(C2CCCCN2Cc2ccc(OC)cc2)c2cccc(Br)c21. The Bertz CT molecular complexity index is 1020. The lowest BCUT2D eigenvalue weighted by Gasteiger charge is -2.36. The summed E-state index contributed by atoms with van der Waals surface area (Å²) in [5.41, 5.74) is 3.31. The molecule has 0 spiro atoms. The predicted octanol–water partition coefficient (Wildman–Crippen LogP) is 4.78. The first-order valence-corrected chi connectivity index (χ1v) is 10.7. The molecule has 1 aromatic heterocycles.